The fourth-order valence-corrected chi connectivity index (χ4v) is 2.68. The summed E-state index contributed by atoms with van der Waals surface area (Å²) in [5, 5.41) is 7.53. The van der Waals surface area contributed by atoms with Gasteiger partial charge in [0.1, 0.15) is 5.69 Å². The average Bonchev–Trinajstić information content (AvgIpc) is 3.41. The molecule has 126 valence electrons. The molecule has 25 heavy (non-hydrogen) atoms. The number of nitrogens with one attached hydrogen (secondary N) is 1. The van der Waals surface area contributed by atoms with Crippen LogP contribution in [0.1, 0.15) is 34.9 Å². The molecule has 2 aromatic heterocycles. The summed E-state index contributed by atoms with van der Waals surface area (Å²) in [5.41, 5.74) is 2.97. The van der Waals surface area contributed by atoms with Crippen molar-refractivity contribution in [3.8, 4) is 11.6 Å². The van der Waals surface area contributed by atoms with Gasteiger partial charge in [0.15, 0.2) is 0 Å². The molecule has 0 aliphatic heterocycles. The highest BCUT2D eigenvalue weighted by molar-refractivity contribution is 6.03. The second kappa shape index (κ2) is 6.39. The van der Waals surface area contributed by atoms with Gasteiger partial charge < -0.3 is 10.1 Å². The highest BCUT2D eigenvalue weighted by atomic mass is 16.5. The van der Waals surface area contributed by atoms with Crippen LogP contribution in [0.5, 0.6) is 5.88 Å². The molecule has 1 aliphatic rings. The van der Waals surface area contributed by atoms with Crippen LogP contribution in [0.25, 0.3) is 5.69 Å². The molecule has 6 heteroatoms. The van der Waals surface area contributed by atoms with E-state index in [1.165, 1.54) is 0 Å². The van der Waals surface area contributed by atoms with Gasteiger partial charge in [0.25, 0.3) is 5.91 Å². The number of amides is 1. The first-order chi connectivity index (χ1) is 12.2. The van der Waals surface area contributed by atoms with E-state index in [-0.39, 0.29) is 5.91 Å². The van der Waals surface area contributed by atoms with E-state index in [9.17, 15) is 4.79 Å². The van der Waals surface area contributed by atoms with E-state index in [1.807, 2.05) is 36.4 Å². The summed E-state index contributed by atoms with van der Waals surface area (Å²) in [6.07, 6.45) is 3.84. The van der Waals surface area contributed by atoms with Gasteiger partial charge in [0, 0.05) is 12.0 Å². The molecule has 0 bridgehead atoms. The molecule has 6 nitrogen and oxygen atoms in total. The summed E-state index contributed by atoms with van der Waals surface area (Å²) >= 11 is 0. The van der Waals surface area contributed by atoms with Crippen LogP contribution in [0.4, 0.5) is 5.69 Å². The average molecular weight is 334 g/mol. The van der Waals surface area contributed by atoms with Crippen LogP contribution in [0.2, 0.25) is 0 Å². The first-order valence-electron chi connectivity index (χ1n) is 8.21. The van der Waals surface area contributed by atoms with Gasteiger partial charge >= 0.3 is 0 Å². The smallest absolute Gasteiger partial charge is 0.274 e. The van der Waals surface area contributed by atoms with Crippen LogP contribution in [-0.4, -0.2) is 27.8 Å². The predicted molar refractivity (Wildman–Crippen MR) is 94.3 cm³/mol. The molecule has 4 rings (SSSR count). The minimum Gasteiger partial charge on any atom is -0.481 e. The Labute approximate surface area is 145 Å². The molecule has 3 aromatic rings. The number of carbonyl (C=O) groups excluding carboxylic acids is 1. The molecular formula is C19H18N4O2. The van der Waals surface area contributed by atoms with E-state index in [2.05, 4.69) is 15.4 Å². The third kappa shape index (κ3) is 3.24. The molecule has 0 atom stereocenters. The summed E-state index contributed by atoms with van der Waals surface area (Å²) < 4.78 is 6.74. The lowest BCUT2D eigenvalue weighted by Crippen LogP contribution is -2.17. The second-order valence-corrected chi connectivity index (χ2v) is 6.02. The van der Waals surface area contributed by atoms with E-state index in [4.69, 9.17) is 4.74 Å². The van der Waals surface area contributed by atoms with Crippen molar-refractivity contribution in [1.29, 1.82) is 0 Å². The summed E-state index contributed by atoms with van der Waals surface area (Å²) in [7, 11) is 1.55. The molecule has 1 N–H and O–H groups in total. The van der Waals surface area contributed by atoms with E-state index in [0.717, 1.165) is 24.2 Å². The van der Waals surface area contributed by atoms with Crippen molar-refractivity contribution >= 4 is 11.6 Å². The summed E-state index contributed by atoms with van der Waals surface area (Å²) in [5.74, 6) is 0.762. The number of rotatable bonds is 5. The Bertz CT molecular complexity index is 884. The number of carbonyl (C=O) groups is 1. The van der Waals surface area contributed by atoms with Crippen molar-refractivity contribution in [2.45, 2.75) is 18.8 Å². The van der Waals surface area contributed by atoms with Crippen LogP contribution >= 0.6 is 0 Å². The van der Waals surface area contributed by atoms with Crippen LogP contribution in [0, 0.1) is 0 Å². The Morgan fingerprint density at radius 2 is 2.00 bits per heavy atom. The van der Waals surface area contributed by atoms with Crippen molar-refractivity contribution in [3.05, 3.63) is 66.1 Å². The summed E-state index contributed by atoms with van der Waals surface area (Å²) in [4.78, 5) is 16.9. The maximum absolute atomic E-state index is 12.8. The predicted octanol–water partition coefficient (Wildman–Crippen LogP) is 3.41. The lowest BCUT2D eigenvalue weighted by atomic mass is 10.2. The van der Waals surface area contributed by atoms with Gasteiger partial charge in [-0.25, -0.2) is 9.67 Å². The van der Waals surface area contributed by atoms with E-state index in [1.54, 1.807) is 30.1 Å². The van der Waals surface area contributed by atoms with Crippen molar-refractivity contribution in [2.75, 3.05) is 12.4 Å². The molecule has 0 spiro atoms. The lowest BCUT2D eigenvalue weighted by Gasteiger charge is -2.08. The molecule has 0 saturated heterocycles. The van der Waals surface area contributed by atoms with Gasteiger partial charge in [-0.1, -0.05) is 18.2 Å². The van der Waals surface area contributed by atoms with Crippen molar-refractivity contribution < 1.29 is 9.53 Å². The van der Waals surface area contributed by atoms with E-state index >= 15 is 0 Å². The standard InChI is InChI=1S/C19H18N4O2/c1-25-18-10-9-14(12-20-18)21-19(24)17-11-16(13-7-8-13)22-23(17)15-5-3-2-4-6-15/h2-6,9-13H,7-8H2,1H3,(H,21,24). The van der Waals surface area contributed by atoms with Gasteiger partial charge in [-0.05, 0) is 37.1 Å². The van der Waals surface area contributed by atoms with E-state index < -0.39 is 0 Å². The van der Waals surface area contributed by atoms with Gasteiger partial charge in [-0.15, -0.1) is 0 Å². The number of methoxy groups -OCH3 is 1. The monoisotopic (exact) mass is 334 g/mol. The van der Waals surface area contributed by atoms with Gasteiger partial charge in [0.2, 0.25) is 5.88 Å². The normalized spacial score (nSPS) is 13.5. The topological polar surface area (TPSA) is 69.0 Å². The first kappa shape index (κ1) is 15.4. The van der Waals surface area contributed by atoms with Gasteiger partial charge in [-0.2, -0.15) is 5.10 Å². The summed E-state index contributed by atoms with van der Waals surface area (Å²) in [6, 6.07) is 15.0. The quantitative estimate of drug-likeness (QED) is 0.776. The van der Waals surface area contributed by atoms with Crippen molar-refractivity contribution in [1.82, 2.24) is 14.8 Å². The fourth-order valence-electron chi connectivity index (χ4n) is 2.68. The van der Waals surface area contributed by atoms with Crippen molar-refractivity contribution in [3.63, 3.8) is 0 Å². The first-order valence-corrected chi connectivity index (χ1v) is 8.21. The largest absolute Gasteiger partial charge is 0.481 e. The highest BCUT2D eigenvalue weighted by Crippen LogP contribution is 2.39. The maximum Gasteiger partial charge on any atom is 0.274 e. The van der Waals surface area contributed by atoms with Gasteiger partial charge in [0.05, 0.1) is 30.4 Å². The molecule has 1 amide bonds. The number of pyridine rings is 1. The highest BCUT2D eigenvalue weighted by Gasteiger charge is 2.29. The van der Waals surface area contributed by atoms with Crippen LogP contribution in [0.15, 0.2) is 54.7 Å². The van der Waals surface area contributed by atoms with Crippen LogP contribution in [-0.2, 0) is 0 Å². The maximum atomic E-state index is 12.8. The SMILES string of the molecule is COc1ccc(NC(=O)c2cc(C3CC3)nn2-c2ccccc2)cn1. The Morgan fingerprint density at radius 3 is 2.64 bits per heavy atom. The molecule has 1 aliphatic carbocycles. The number of benzene rings is 1. The Kier molecular flexibility index (Phi) is 3.93. The number of nitrogens with zero attached hydrogens (tertiary/aromatic N) is 3. The van der Waals surface area contributed by atoms with Crippen molar-refractivity contribution in [2.24, 2.45) is 0 Å². The number of ether oxygens (including phenoxy) is 1. The minimum absolute atomic E-state index is 0.213. The number of anilines is 1. The number of aromatic nitrogens is 3. The third-order valence-corrected chi connectivity index (χ3v) is 4.16. The molecule has 1 aromatic carbocycles. The molecule has 1 fully saturated rings. The van der Waals surface area contributed by atoms with E-state index in [0.29, 0.717) is 23.2 Å². The van der Waals surface area contributed by atoms with Gasteiger partial charge in [-0.3, -0.25) is 4.79 Å². The fraction of sp³-hybridized carbons (Fsp3) is 0.211. The zero-order valence-electron chi connectivity index (χ0n) is 13.8. The second-order valence-electron chi connectivity index (χ2n) is 6.02. The summed E-state index contributed by atoms with van der Waals surface area (Å²) in [6.45, 7) is 0. The molecule has 0 unspecified atom stereocenters. The Hall–Kier alpha value is -3.15. The zero-order chi connectivity index (χ0) is 17.2. The minimum atomic E-state index is -0.213. The Morgan fingerprint density at radius 1 is 1.20 bits per heavy atom. The molecular weight excluding hydrogens is 316 g/mol. The molecule has 1 saturated carbocycles. The zero-order valence-corrected chi connectivity index (χ0v) is 13.8. The number of hydrogen-bond donors (Lipinski definition) is 1. The van der Waals surface area contributed by atoms with Crippen LogP contribution in [0.3, 0.4) is 0 Å². The lowest BCUT2D eigenvalue weighted by molar-refractivity contribution is 0.101. The number of para-hydroxylation sites is 1. The molecule has 0 radical (unpaired) electrons. The Balaban J connectivity index is 1.64. The molecule has 2 heterocycles. The van der Waals surface area contributed by atoms with Crippen LogP contribution < -0.4 is 10.1 Å². The third-order valence-electron chi connectivity index (χ3n) is 4.16. The number of hydrogen-bond acceptors (Lipinski definition) is 4.